The van der Waals surface area contributed by atoms with Crippen LogP contribution in [-0.2, 0) is 6.42 Å². The van der Waals surface area contributed by atoms with Crippen molar-refractivity contribution >= 4 is 0 Å². The molecule has 1 rings (SSSR count). The number of aryl methyl sites for hydroxylation is 1. The van der Waals surface area contributed by atoms with Gasteiger partial charge in [-0.3, -0.25) is 0 Å². The minimum Gasteiger partial charge on any atom is -0.405 e. The Morgan fingerprint density at radius 3 is 2.53 bits per heavy atom. The number of hydrogen-bond donors (Lipinski definition) is 1. The average Bonchev–Trinajstić information content (AvgIpc) is 2.19. The molecule has 82 valence electrons. The predicted molar refractivity (Wildman–Crippen MR) is 66.7 cm³/mol. The lowest BCUT2D eigenvalue weighted by Gasteiger charge is -2.13. The minimum atomic E-state index is 0.523. The first-order valence-electron chi connectivity index (χ1n) is 5.52. The predicted octanol–water partition coefficient (Wildman–Crippen LogP) is 3.34. The number of allylic oxidation sites excluding steroid dienone is 1. The van der Waals surface area contributed by atoms with E-state index in [1.54, 1.807) is 6.20 Å². The maximum atomic E-state index is 5.65. The van der Waals surface area contributed by atoms with E-state index in [0.717, 1.165) is 6.42 Å². The van der Waals surface area contributed by atoms with E-state index in [4.69, 9.17) is 5.73 Å². The van der Waals surface area contributed by atoms with Gasteiger partial charge in [0.15, 0.2) is 0 Å². The fourth-order valence-electron chi connectivity index (χ4n) is 1.68. The molecule has 2 N–H and O–H groups in total. The third-order valence-electron chi connectivity index (χ3n) is 3.07. The highest BCUT2D eigenvalue weighted by Gasteiger charge is 2.06. The third kappa shape index (κ3) is 2.85. The Kier molecular flexibility index (Phi) is 3.96. The fourth-order valence-corrected chi connectivity index (χ4v) is 1.68. The van der Waals surface area contributed by atoms with Crippen LogP contribution in [0.25, 0.3) is 0 Å². The molecular formula is C14H21N. The van der Waals surface area contributed by atoms with E-state index in [0.29, 0.717) is 5.92 Å². The molecule has 0 saturated heterocycles. The van der Waals surface area contributed by atoms with Gasteiger partial charge in [-0.15, -0.1) is 0 Å². The molecule has 0 spiro atoms. The molecule has 0 aliphatic rings. The van der Waals surface area contributed by atoms with Crippen molar-refractivity contribution in [1.29, 1.82) is 0 Å². The molecule has 0 bridgehead atoms. The van der Waals surface area contributed by atoms with Crippen LogP contribution >= 0.6 is 0 Å². The van der Waals surface area contributed by atoms with E-state index in [2.05, 4.69) is 45.9 Å². The zero-order valence-corrected chi connectivity index (χ0v) is 10.2. The van der Waals surface area contributed by atoms with Crippen LogP contribution in [0, 0.1) is 19.8 Å². The van der Waals surface area contributed by atoms with E-state index < -0.39 is 0 Å². The van der Waals surface area contributed by atoms with Crippen LogP contribution in [0.4, 0.5) is 0 Å². The Bertz CT molecular complexity index is 362. The number of nitrogens with two attached hydrogens (primary N) is 1. The monoisotopic (exact) mass is 203 g/mol. The SMILES string of the molecule is Cc1cccc(C/C(=C/N)C(C)C)c1C. The van der Waals surface area contributed by atoms with Crippen LogP contribution < -0.4 is 5.73 Å². The molecule has 0 radical (unpaired) electrons. The molecule has 1 aromatic carbocycles. The molecule has 0 atom stereocenters. The molecule has 1 aromatic rings. The van der Waals surface area contributed by atoms with Crippen molar-refractivity contribution in [2.24, 2.45) is 11.7 Å². The van der Waals surface area contributed by atoms with Crippen LogP contribution in [0.15, 0.2) is 30.0 Å². The molecule has 15 heavy (non-hydrogen) atoms. The van der Waals surface area contributed by atoms with E-state index in [1.165, 1.54) is 22.3 Å². The first-order valence-corrected chi connectivity index (χ1v) is 5.52. The van der Waals surface area contributed by atoms with Gasteiger partial charge in [-0.2, -0.15) is 0 Å². The zero-order chi connectivity index (χ0) is 11.4. The molecule has 1 heteroatoms. The van der Waals surface area contributed by atoms with Gasteiger partial charge in [-0.05, 0) is 54.6 Å². The van der Waals surface area contributed by atoms with Crippen molar-refractivity contribution in [1.82, 2.24) is 0 Å². The van der Waals surface area contributed by atoms with E-state index >= 15 is 0 Å². The summed E-state index contributed by atoms with van der Waals surface area (Å²) in [4.78, 5) is 0. The van der Waals surface area contributed by atoms with E-state index in [1.807, 2.05) is 0 Å². The normalized spacial score (nSPS) is 12.2. The van der Waals surface area contributed by atoms with Crippen molar-refractivity contribution < 1.29 is 0 Å². The summed E-state index contributed by atoms with van der Waals surface area (Å²) in [6, 6.07) is 6.46. The van der Waals surface area contributed by atoms with Gasteiger partial charge < -0.3 is 5.73 Å². The Morgan fingerprint density at radius 1 is 1.33 bits per heavy atom. The average molecular weight is 203 g/mol. The number of benzene rings is 1. The Balaban J connectivity index is 2.94. The van der Waals surface area contributed by atoms with Gasteiger partial charge in [0, 0.05) is 0 Å². The second kappa shape index (κ2) is 5.01. The van der Waals surface area contributed by atoms with Gasteiger partial charge in [0.1, 0.15) is 0 Å². The maximum Gasteiger partial charge on any atom is -0.00446 e. The van der Waals surface area contributed by atoms with Crippen LogP contribution in [0.5, 0.6) is 0 Å². The summed E-state index contributed by atoms with van der Waals surface area (Å²) >= 11 is 0. The number of hydrogen-bond acceptors (Lipinski definition) is 1. The summed E-state index contributed by atoms with van der Waals surface area (Å²) < 4.78 is 0. The van der Waals surface area contributed by atoms with Crippen molar-refractivity contribution in [2.75, 3.05) is 0 Å². The summed E-state index contributed by atoms with van der Waals surface area (Å²) in [6.45, 7) is 8.70. The van der Waals surface area contributed by atoms with Crippen molar-refractivity contribution in [3.05, 3.63) is 46.7 Å². The summed E-state index contributed by atoms with van der Waals surface area (Å²) in [5.41, 5.74) is 11.1. The molecular weight excluding hydrogens is 182 g/mol. The van der Waals surface area contributed by atoms with Gasteiger partial charge in [0.2, 0.25) is 0 Å². The molecule has 0 amide bonds. The molecule has 0 fully saturated rings. The van der Waals surface area contributed by atoms with Gasteiger partial charge in [-0.1, -0.05) is 32.0 Å². The number of rotatable bonds is 3. The van der Waals surface area contributed by atoms with E-state index in [-0.39, 0.29) is 0 Å². The standard InChI is InChI=1S/C14H21N/c1-10(2)14(9-15)8-13-7-5-6-11(3)12(13)4/h5-7,9-10H,8,15H2,1-4H3/b14-9-. The zero-order valence-electron chi connectivity index (χ0n) is 10.2. The van der Waals surface area contributed by atoms with Gasteiger partial charge >= 0.3 is 0 Å². The summed E-state index contributed by atoms with van der Waals surface area (Å²) in [7, 11) is 0. The molecule has 0 aromatic heterocycles. The molecule has 0 saturated carbocycles. The van der Waals surface area contributed by atoms with Crippen molar-refractivity contribution in [2.45, 2.75) is 34.1 Å². The van der Waals surface area contributed by atoms with Crippen LogP contribution in [0.1, 0.15) is 30.5 Å². The smallest absolute Gasteiger partial charge is 0.00446 e. The Morgan fingerprint density at radius 2 is 2.00 bits per heavy atom. The van der Waals surface area contributed by atoms with Crippen LogP contribution in [0.2, 0.25) is 0 Å². The van der Waals surface area contributed by atoms with Gasteiger partial charge in [-0.25, -0.2) is 0 Å². The Hall–Kier alpha value is -1.24. The summed E-state index contributed by atoms with van der Waals surface area (Å²) in [5.74, 6) is 0.523. The lowest BCUT2D eigenvalue weighted by Crippen LogP contribution is -2.03. The first kappa shape index (κ1) is 11.8. The second-order valence-corrected chi connectivity index (χ2v) is 4.43. The highest BCUT2D eigenvalue weighted by atomic mass is 14.5. The van der Waals surface area contributed by atoms with Crippen LogP contribution in [0.3, 0.4) is 0 Å². The topological polar surface area (TPSA) is 26.0 Å². The lowest BCUT2D eigenvalue weighted by molar-refractivity contribution is 0.736. The molecule has 1 nitrogen and oxygen atoms in total. The minimum absolute atomic E-state index is 0.523. The molecule has 0 aliphatic heterocycles. The summed E-state index contributed by atoms with van der Waals surface area (Å²) in [5, 5.41) is 0. The fraction of sp³-hybridized carbons (Fsp3) is 0.429. The van der Waals surface area contributed by atoms with Crippen molar-refractivity contribution in [3.8, 4) is 0 Å². The highest BCUT2D eigenvalue weighted by molar-refractivity contribution is 5.35. The largest absolute Gasteiger partial charge is 0.405 e. The highest BCUT2D eigenvalue weighted by Crippen LogP contribution is 2.19. The second-order valence-electron chi connectivity index (χ2n) is 4.43. The summed E-state index contributed by atoms with van der Waals surface area (Å²) in [6.07, 6.45) is 2.73. The molecule has 0 unspecified atom stereocenters. The van der Waals surface area contributed by atoms with Gasteiger partial charge in [0.25, 0.3) is 0 Å². The first-order chi connectivity index (χ1) is 7.06. The maximum absolute atomic E-state index is 5.65. The quantitative estimate of drug-likeness (QED) is 0.801. The molecule has 0 aliphatic carbocycles. The van der Waals surface area contributed by atoms with Gasteiger partial charge in [0.05, 0.1) is 0 Å². The molecule has 0 heterocycles. The van der Waals surface area contributed by atoms with E-state index in [9.17, 15) is 0 Å². The van der Waals surface area contributed by atoms with Crippen LogP contribution in [-0.4, -0.2) is 0 Å². The lowest BCUT2D eigenvalue weighted by atomic mass is 9.93. The third-order valence-corrected chi connectivity index (χ3v) is 3.07. The van der Waals surface area contributed by atoms with Crippen molar-refractivity contribution in [3.63, 3.8) is 0 Å². The Labute approximate surface area is 93.0 Å².